The lowest BCUT2D eigenvalue weighted by atomic mass is 9.61. The van der Waals surface area contributed by atoms with Crippen LogP contribution in [0.5, 0.6) is 0 Å². The molecule has 0 bridgehead atoms. The maximum Gasteiger partial charge on any atom is 0.410 e. The van der Waals surface area contributed by atoms with Crippen LogP contribution in [-0.2, 0) is 11.3 Å². The number of piperazine rings is 1. The van der Waals surface area contributed by atoms with Gasteiger partial charge in [0.1, 0.15) is 18.1 Å². The molecule has 1 aromatic carbocycles. The fourth-order valence-corrected chi connectivity index (χ4v) is 5.85. The Morgan fingerprint density at radius 3 is 2.38 bits per heavy atom. The van der Waals surface area contributed by atoms with Crippen LogP contribution in [0.15, 0.2) is 48.7 Å². The van der Waals surface area contributed by atoms with E-state index in [2.05, 4.69) is 39.0 Å². The van der Waals surface area contributed by atoms with E-state index in [4.69, 9.17) is 4.74 Å². The summed E-state index contributed by atoms with van der Waals surface area (Å²) in [5, 5.41) is 10.9. The van der Waals surface area contributed by atoms with Crippen molar-refractivity contribution in [3.63, 3.8) is 0 Å². The Hall–Kier alpha value is -3.20. The molecule has 3 aliphatic rings. The zero-order valence-electron chi connectivity index (χ0n) is 19.7. The zero-order valence-corrected chi connectivity index (χ0v) is 19.7. The standard InChI is InChI=1S/C25H31N5O4/c1-18-13-28(23-9-8-21(12-26-23)30(32)33)14-19(2)29(18)24(31)34-22-10-25(11-22)16-27(17-25)15-20-6-4-3-5-7-20/h3-9,12,18-19,22H,10-11,13-17H2,1-2H3/t18-,19-/m1/s1. The lowest BCUT2D eigenvalue weighted by Gasteiger charge is -2.58. The fraction of sp³-hybridized carbons (Fsp3) is 0.520. The van der Waals surface area contributed by atoms with Gasteiger partial charge in [0.05, 0.1) is 17.0 Å². The Morgan fingerprint density at radius 2 is 1.79 bits per heavy atom. The number of hydrogen-bond donors (Lipinski definition) is 0. The Kier molecular flexibility index (Phi) is 5.89. The monoisotopic (exact) mass is 465 g/mol. The van der Waals surface area contributed by atoms with Gasteiger partial charge < -0.3 is 9.64 Å². The number of aromatic nitrogens is 1. The Bertz CT molecular complexity index is 1020. The average molecular weight is 466 g/mol. The maximum atomic E-state index is 13.0. The number of carbonyl (C=O) groups excluding carboxylic acids is 1. The average Bonchev–Trinajstić information content (AvgIpc) is 2.76. The third-order valence-electron chi connectivity index (χ3n) is 7.35. The molecule has 3 heterocycles. The van der Waals surface area contributed by atoms with Crippen molar-refractivity contribution in [3.8, 4) is 0 Å². The van der Waals surface area contributed by atoms with Crippen LogP contribution < -0.4 is 4.90 Å². The number of nitro groups is 1. The first-order chi connectivity index (χ1) is 16.3. The summed E-state index contributed by atoms with van der Waals surface area (Å²) in [6, 6.07) is 13.6. The van der Waals surface area contributed by atoms with E-state index in [1.54, 1.807) is 6.07 Å². The predicted octanol–water partition coefficient (Wildman–Crippen LogP) is 3.69. The van der Waals surface area contributed by atoms with Gasteiger partial charge in [-0.05, 0) is 38.3 Å². The maximum absolute atomic E-state index is 13.0. The molecule has 2 aromatic rings. The number of rotatable bonds is 5. The lowest BCUT2D eigenvalue weighted by Crippen LogP contribution is -2.65. The van der Waals surface area contributed by atoms with Crippen LogP contribution in [-0.4, -0.2) is 70.2 Å². The van der Waals surface area contributed by atoms with E-state index in [9.17, 15) is 14.9 Å². The molecule has 1 amide bonds. The van der Waals surface area contributed by atoms with Crippen molar-refractivity contribution in [2.24, 2.45) is 5.41 Å². The van der Waals surface area contributed by atoms with Gasteiger partial charge in [-0.3, -0.25) is 19.9 Å². The molecule has 0 unspecified atom stereocenters. The topological polar surface area (TPSA) is 92.0 Å². The van der Waals surface area contributed by atoms with Gasteiger partial charge in [0.2, 0.25) is 0 Å². The van der Waals surface area contributed by atoms with Crippen LogP contribution in [0.4, 0.5) is 16.3 Å². The first kappa shape index (κ1) is 22.6. The van der Waals surface area contributed by atoms with Crippen molar-refractivity contribution in [1.82, 2.24) is 14.8 Å². The molecule has 34 heavy (non-hydrogen) atoms. The minimum Gasteiger partial charge on any atom is -0.446 e. The number of pyridine rings is 1. The summed E-state index contributed by atoms with van der Waals surface area (Å²) in [5.41, 5.74) is 1.63. The van der Waals surface area contributed by atoms with Gasteiger partial charge in [0, 0.05) is 44.2 Å². The van der Waals surface area contributed by atoms with Gasteiger partial charge >= 0.3 is 6.09 Å². The highest BCUT2D eigenvalue weighted by molar-refractivity contribution is 5.69. The first-order valence-electron chi connectivity index (χ1n) is 11.9. The summed E-state index contributed by atoms with van der Waals surface area (Å²) in [6.45, 7) is 8.35. The van der Waals surface area contributed by atoms with Gasteiger partial charge in [-0.25, -0.2) is 9.78 Å². The van der Waals surface area contributed by atoms with Gasteiger partial charge in [0.25, 0.3) is 5.69 Å². The summed E-state index contributed by atoms with van der Waals surface area (Å²) < 4.78 is 5.89. The van der Waals surface area contributed by atoms with Crippen molar-refractivity contribution >= 4 is 17.6 Å². The van der Waals surface area contributed by atoms with Crippen LogP contribution in [0.25, 0.3) is 0 Å². The van der Waals surface area contributed by atoms with E-state index >= 15 is 0 Å². The molecule has 1 saturated carbocycles. The van der Waals surface area contributed by atoms with E-state index in [0.717, 1.165) is 32.5 Å². The second kappa shape index (κ2) is 8.87. The molecule has 9 heteroatoms. The number of ether oxygens (including phenoxy) is 1. The molecule has 0 N–H and O–H groups in total. The molecular formula is C25H31N5O4. The van der Waals surface area contributed by atoms with Crippen LogP contribution in [0, 0.1) is 15.5 Å². The number of nitrogens with zero attached hydrogens (tertiary/aromatic N) is 5. The van der Waals surface area contributed by atoms with E-state index in [-0.39, 0.29) is 30.0 Å². The molecule has 3 fully saturated rings. The molecule has 2 atom stereocenters. The molecule has 2 aliphatic heterocycles. The van der Waals surface area contributed by atoms with Crippen LogP contribution in [0.2, 0.25) is 0 Å². The van der Waals surface area contributed by atoms with Crippen LogP contribution >= 0.6 is 0 Å². The minimum absolute atomic E-state index is 0.000133. The minimum atomic E-state index is -0.453. The Labute approximate surface area is 199 Å². The predicted molar refractivity (Wildman–Crippen MR) is 128 cm³/mol. The van der Waals surface area contributed by atoms with Gasteiger partial charge in [-0.15, -0.1) is 0 Å². The van der Waals surface area contributed by atoms with Gasteiger partial charge in [0.15, 0.2) is 0 Å². The third kappa shape index (κ3) is 4.44. The lowest BCUT2D eigenvalue weighted by molar-refractivity contribution is -0.385. The summed E-state index contributed by atoms with van der Waals surface area (Å²) in [5.74, 6) is 0.684. The van der Waals surface area contributed by atoms with E-state index < -0.39 is 4.92 Å². The fourth-order valence-electron chi connectivity index (χ4n) is 5.85. The molecule has 1 aliphatic carbocycles. The van der Waals surface area contributed by atoms with Crippen molar-refractivity contribution < 1.29 is 14.5 Å². The van der Waals surface area contributed by atoms with Crippen LogP contribution in [0.1, 0.15) is 32.3 Å². The SMILES string of the molecule is C[C@@H]1CN(c2ccc([N+](=O)[O-])cn2)C[C@@H](C)N1C(=O)OC1CC2(C1)CN(Cc1ccccc1)C2. The summed E-state index contributed by atoms with van der Waals surface area (Å²) in [7, 11) is 0. The summed E-state index contributed by atoms with van der Waals surface area (Å²) in [4.78, 5) is 34.0. The third-order valence-corrected chi connectivity index (χ3v) is 7.35. The highest BCUT2D eigenvalue weighted by Crippen LogP contribution is 2.50. The van der Waals surface area contributed by atoms with Crippen molar-refractivity contribution in [3.05, 3.63) is 64.3 Å². The smallest absolute Gasteiger partial charge is 0.410 e. The van der Waals surface area contributed by atoms with Gasteiger partial charge in [-0.1, -0.05) is 30.3 Å². The number of hydrogen-bond acceptors (Lipinski definition) is 7. The van der Waals surface area contributed by atoms with Crippen molar-refractivity contribution in [2.75, 3.05) is 31.1 Å². The molecule has 1 aromatic heterocycles. The summed E-state index contributed by atoms with van der Waals surface area (Å²) in [6.07, 6.45) is 2.93. The van der Waals surface area contributed by atoms with E-state index in [1.807, 2.05) is 24.8 Å². The number of benzene rings is 1. The first-order valence-corrected chi connectivity index (χ1v) is 11.9. The number of anilines is 1. The van der Waals surface area contributed by atoms with E-state index in [1.165, 1.54) is 17.8 Å². The Morgan fingerprint density at radius 1 is 1.12 bits per heavy atom. The number of likely N-dealkylation sites (tertiary alicyclic amines) is 1. The second-order valence-corrected chi connectivity index (χ2v) is 10.2. The molecule has 0 radical (unpaired) electrons. The summed E-state index contributed by atoms with van der Waals surface area (Å²) >= 11 is 0. The number of carbonyl (C=O) groups is 1. The number of amides is 1. The zero-order chi connectivity index (χ0) is 23.9. The van der Waals surface area contributed by atoms with Gasteiger partial charge in [-0.2, -0.15) is 0 Å². The molecular weight excluding hydrogens is 434 g/mol. The Balaban J connectivity index is 1.09. The quantitative estimate of drug-likeness (QED) is 0.491. The normalized spacial score (nSPS) is 24.4. The molecule has 2 saturated heterocycles. The second-order valence-electron chi connectivity index (χ2n) is 10.2. The van der Waals surface area contributed by atoms with Crippen LogP contribution in [0.3, 0.4) is 0 Å². The largest absolute Gasteiger partial charge is 0.446 e. The molecule has 180 valence electrons. The van der Waals surface area contributed by atoms with Crippen molar-refractivity contribution in [2.45, 2.75) is 51.4 Å². The van der Waals surface area contributed by atoms with E-state index in [0.29, 0.717) is 24.3 Å². The van der Waals surface area contributed by atoms with Crippen molar-refractivity contribution in [1.29, 1.82) is 0 Å². The molecule has 1 spiro atoms. The molecule has 5 rings (SSSR count). The highest BCUT2D eigenvalue weighted by atomic mass is 16.6. The highest BCUT2D eigenvalue weighted by Gasteiger charge is 2.54. The molecule has 9 nitrogen and oxygen atoms in total.